The van der Waals surface area contributed by atoms with Gasteiger partial charge >= 0.3 is 0 Å². The highest BCUT2D eigenvalue weighted by Gasteiger charge is 2.25. The number of nitrogens with two attached hydrogens (primary N) is 1. The van der Waals surface area contributed by atoms with Crippen molar-refractivity contribution in [1.82, 2.24) is 4.90 Å². The summed E-state index contributed by atoms with van der Waals surface area (Å²) >= 11 is 1.71. The van der Waals surface area contributed by atoms with E-state index in [1.165, 1.54) is 10.4 Å². The molecule has 1 amide bonds. The van der Waals surface area contributed by atoms with Crippen molar-refractivity contribution in [3.63, 3.8) is 0 Å². The van der Waals surface area contributed by atoms with Crippen LogP contribution in [0.3, 0.4) is 0 Å². The standard InChI is InChI=1S/C11H16N2O2S.ClH/c1-15-7-9(12)11(14)13-4-2-8-3-5-16-10(8)6-13;/h3,5,9H,2,4,6-7,12H2,1H3;1H. The van der Waals surface area contributed by atoms with E-state index >= 15 is 0 Å². The number of thiophene rings is 1. The highest BCUT2D eigenvalue weighted by atomic mass is 35.5. The lowest BCUT2D eigenvalue weighted by Gasteiger charge is -2.29. The van der Waals surface area contributed by atoms with Crippen molar-refractivity contribution in [2.45, 2.75) is 19.0 Å². The van der Waals surface area contributed by atoms with Gasteiger partial charge in [-0.15, -0.1) is 23.7 Å². The predicted molar refractivity (Wildman–Crippen MR) is 70.5 cm³/mol. The van der Waals surface area contributed by atoms with Gasteiger partial charge in [-0.25, -0.2) is 0 Å². The molecule has 2 N–H and O–H groups in total. The van der Waals surface area contributed by atoms with Crippen LogP contribution in [0, 0.1) is 0 Å². The van der Waals surface area contributed by atoms with Gasteiger partial charge < -0.3 is 15.4 Å². The number of hydrogen-bond acceptors (Lipinski definition) is 4. The second-order valence-electron chi connectivity index (χ2n) is 3.94. The lowest BCUT2D eigenvalue weighted by Crippen LogP contribution is -2.47. The Labute approximate surface area is 111 Å². The van der Waals surface area contributed by atoms with E-state index in [-0.39, 0.29) is 24.9 Å². The van der Waals surface area contributed by atoms with Crippen LogP contribution >= 0.6 is 23.7 Å². The summed E-state index contributed by atoms with van der Waals surface area (Å²) in [5.74, 6) is -0.0131. The number of methoxy groups -OCH3 is 1. The lowest BCUT2D eigenvalue weighted by atomic mass is 10.1. The first-order valence-corrected chi connectivity index (χ1v) is 6.19. The molecule has 4 nitrogen and oxygen atoms in total. The molecule has 1 atom stereocenters. The van der Waals surface area contributed by atoms with Crippen molar-refractivity contribution in [3.05, 3.63) is 21.9 Å². The van der Waals surface area contributed by atoms with Gasteiger partial charge in [0.2, 0.25) is 5.91 Å². The molecule has 1 aromatic heterocycles. The van der Waals surface area contributed by atoms with E-state index in [4.69, 9.17) is 10.5 Å². The normalized spacial score (nSPS) is 16.0. The number of carbonyl (C=O) groups excluding carboxylic acids is 1. The zero-order valence-electron chi connectivity index (χ0n) is 9.72. The number of nitrogens with zero attached hydrogens (tertiary/aromatic N) is 1. The van der Waals surface area contributed by atoms with Gasteiger partial charge in [0.05, 0.1) is 13.2 Å². The van der Waals surface area contributed by atoms with Crippen molar-refractivity contribution in [3.8, 4) is 0 Å². The monoisotopic (exact) mass is 276 g/mol. The van der Waals surface area contributed by atoms with E-state index in [2.05, 4.69) is 11.4 Å². The van der Waals surface area contributed by atoms with Crippen LogP contribution in [-0.4, -0.2) is 37.1 Å². The second-order valence-corrected chi connectivity index (χ2v) is 4.94. The minimum Gasteiger partial charge on any atom is -0.383 e. The first-order chi connectivity index (χ1) is 7.72. The average Bonchev–Trinajstić information content (AvgIpc) is 2.75. The molecule has 0 fully saturated rings. The summed E-state index contributed by atoms with van der Waals surface area (Å²) < 4.78 is 4.90. The third-order valence-electron chi connectivity index (χ3n) is 2.80. The molecular formula is C11H17ClN2O2S. The SMILES string of the molecule is COCC(N)C(=O)N1CCc2ccsc2C1.Cl. The van der Waals surface area contributed by atoms with Crippen LogP contribution in [-0.2, 0) is 22.5 Å². The van der Waals surface area contributed by atoms with Crippen LogP contribution < -0.4 is 5.73 Å². The third-order valence-corrected chi connectivity index (χ3v) is 3.75. The molecular weight excluding hydrogens is 260 g/mol. The number of carbonyl (C=O) groups is 1. The Morgan fingerprint density at radius 2 is 2.47 bits per heavy atom. The molecule has 1 aliphatic heterocycles. The van der Waals surface area contributed by atoms with Crippen molar-refractivity contribution >= 4 is 29.7 Å². The summed E-state index contributed by atoms with van der Waals surface area (Å²) in [4.78, 5) is 15.0. The summed E-state index contributed by atoms with van der Waals surface area (Å²) in [6.07, 6.45) is 0.935. The largest absolute Gasteiger partial charge is 0.383 e. The topological polar surface area (TPSA) is 55.6 Å². The van der Waals surface area contributed by atoms with Gasteiger partial charge in [-0.2, -0.15) is 0 Å². The summed E-state index contributed by atoms with van der Waals surface area (Å²) in [5, 5.41) is 2.08. The van der Waals surface area contributed by atoms with E-state index < -0.39 is 6.04 Å². The third kappa shape index (κ3) is 3.19. The van der Waals surface area contributed by atoms with Crippen LogP contribution in [0.25, 0.3) is 0 Å². The van der Waals surface area contributed by atoms with E-state index in [1.807, 2.05) is 4.90 Å². The number of fused-ring (bicyclic) bond motifs is 1. The average molecular weight is 277 g/mol. The van der Waals surface area contributed by atoms with Gasteiger partial charge in [0, 0.05) is 18.5 Å². The zero-order chi connectivity index (χ0) is 11.5. The molecule has 17 heavy (non-hydrogen) atoms. The molecule has 0 spiro atoms. The molecule has 1 unspecified atom stereocenters. The number of amides is 1. The Hall–Kier alpha value is -0.620. The number of halogens is 1. The predicted octanol–water partition coefficient (Wildman–Crippen LogP) is 1.03. The molecule has 0 bridgehead atoms. The minimum absolute atomic E-state index is 0. The van der Waals surface area contributed by atoms with Crippen molar-refractivity contribution in [2.24, 2.45) is 5.73 Å². The van der Waals surface area contributed by atoms with Crippen molar-refractivity contribution in [1.29, 1.82) is 0 Å². The quantitative estimate of drug-likeness (QED) is 0.897. The van der Waals surface area contributed by atoms with E-state index in [9.17, 15) is 4.79 Å². The van der Waals surface area contributed by atoms with Gasteiger partial charge in [-0.05, 0) is 23.4 Å². The van der Waals surface area contributed by atoms with Crippen LogP contribution in [0.4, 0.5) is 0 Å². The molecule has 1 aromatic rings. The van der Waals surface area contributed by atoms with E-state index in [0.717, 1.165) is 13.0 Å². The lowest BCUT2D eigenvalue weighted by molar-refractivity contribution is -0.134. The van der Waals surface area contributed by atoms with E-state index in [0.29, 0.717) is 6.54 Å². The minimum atomic E-state index is -0.536. The van der Waals surface area contributed by atoms with Crippen LogP contribution in [0.2, 0.25) is 0 Å². The molecule has 96 valence electrons. The fraction of sp³-hybridized carbons (Fsp3) is 0.545. The van der Waals surface area contributed by atoms with Gasteiger partial charge in [-0.3, -0.25) is 4.79 Å². The second kappa shape index (κ2) is 6.35. The summed E-state index contributed by atoms with van der Waals surface area (Å²) in [5.41, 5.74) is 7.11. The maximum atomic E-state index is 11.9. The van der Waals surface area contributed by atoms with Crippen molar-refractivity contribution in [2.75, 3.05) is 20.3 Å². The number of ether oxygens (including phenoxy) is 1. The number of hydrogen-bond donors (Lipinski definition) is 1. The Balaban J connectivity index is 0.00000144. The molecule has 0 aromatic carbocycles. The van der Waals surface area contributed by atoms with Crippen LogP contribution in [0.5, 0.6) is 0 Å². The molecule has 0 saturated heterocycles. The summed E-state index contributed by atoms with van der Waals surface area (Å²) in [7, 11) is 1.56. The van der Waals surface area contributed by atoms with E-state index in [1.54, 1.807) is 18.4 Å². The summed E-state index contributed by atoms with van der Waals surface area (Å²) in [6.45, 7) is 1.75. The van der Waals surface area contributed by atoms with Crippen LogP contribution in [0.15, 0.2) is 11.4 Å². The zero-order valence-corrected chi connectivity index (χ0v) is 11.4. The molecule has 2 rings (SSSR count). The smallest absolute Gasteiger partial charge is 0.242 e. The molecule has 0 radical (unpaired) electrons. The fourth-order valence-corrected chi connectivity index (χ4v) is 2.86. The number of rotatable bonds is 3. The highest BCUT2D eigenvalue weighted by molar-refractivity contribution is 7.10. The van der Waals surface area contributed by atoms with Crippen LogP contribution in [0.1, 0.15) is 10.4 Å². The summed E-state index contributed by atoms with van der Waals surface area (Å²) in [6, 6.07) is 1.60. The Bertz CT molecular complexity index is 383. The molecule has 2 heterocycles. The Morgan fingerprint density at radius 3 is 3.18 bits per heavy atom. The maximum absolute atomic E-state index is 11.9. The van der Waals surface area contributed by atoms with Gasteiger partial charge in [0.1, 0.15) is 6.04 Å². The Morgan fingerprint density at radius 1 is 1.71 bits per heavy atom. The Kier molecular flexibility index (Phi) is 5.39. The molecule has 0 aliphatic carbocycles. The fourth-order valence-electron chi connectivity index (χ4n) is 1.91. The first kappa shape index (κ1) is 14.4. The maximum Gasteiger partial charge on any atom is 0.242 e. The van der Waals surface area contributed by atoms with Crippen molar-refractivity contribution < 1.29 is 9.53 Å². The molecule has 6 heteroatoms. The molecule has 1 aliphatic rings. The van der Waals surface area contributed by atoms with Gasteiger partial charge in [0.15, 0.2) is 0 Å². The highest BCUT2D eigenvalue weighted by Crippen LogP contribution is 2.24. The van der Waals surface area contributed by atoms with Gasteiger partial charge in [0.25, 0.3) is 0 Å². The first-order valence-electron chi connectivity index (χ1n) is 5.31. The van der Waals surface area contributed by atoms with Gasteiger partial charge in [-0.1, -0.05) is 0 Å². The molecule has 0 saturated carbocycles.